The number of ether oxygens (including phenoxy) is 1. The van der Waals surface area contributed by atoms with E-state index in [1.807, 2.05) is 24.3 Å². The number of para-hydroxylation sites is 1. The van der Waals surface area contributed by atoms with Crippen LogP contribution >= 0.6 is 0 Å². The molecule has 0 radical (unpaired) electrons. The zero-order valence-corrected chi connectivity index (χ0v) is 8.12. The number of aryl methyl sites for hydroxylation is 1. The Morgan fingerprint density at radius 3 is 3.00 bits per heavy atom. The van der Waals surface area contributed by atoms with Gasteiger partial charge in [-0.2, -0.15) is 0 Å². The number of fused-ring (bicyclic) bond motifs is 1. The molecule has 0 bridgehead atoms. The summed E-state index contributed by atoms with van der Waals surface area (Å²) in [6, 6.07) is 7.51. The van der Waals surface area contributed by atoms with E-state index in [-0.39, 0.29) is 12.0 Å². The van der Waals surface area contributed by atoms with Gasteiger partial charge >= 0.3 is 5.97 Å². The first-order valence-electron chi connectivity index (χ1n) is 4.78. The number of benzene rings is 1. The molecule has 1 aliphatic heterocycles. The van der Waals surface area contributed by atoms with Crippen molar-refractivity contribution in [2.75, 3.05) is 7.05 Å². The lowest BCUT2D eigenvalue weighted by Crippen LogP contribution is -2.36. The van der Waals surface area contributed by atoms with Crippen molar-refractivity contribution in [1.82, 2.24) is 5.32 Å². The number of carbonyl (C=O) groups excluding carboxylic acids is 1. The van der Waals surface area contributed by atoms with E-state index in [1.165, 1.54) is 0 Å². The first-order chi connectivity index (χ1) is 6.81. The topological polar surface area (TPSA) is 38.3 Å². The van der Waals surface area contributed by atoms with Crippen LogP contribution in [0, 0.1) is 0 Å². The molecule has 0 saturated heterocycles. The number of hydrogen-bond acceptors (Lipinski definition) is 3. The molecule has 1 aliphatic rings. The summed E-state index contributed by atoms with van der Waals surface area (Å²) in [5.41, 5.74) is 1.11. The van der Waals surface area contributed by atoms with Gasteiger partial charge in [0.2, 0.25) is 0 Å². The van der Waals surface area contributed by atoms with E-state index in [0.29, 0.717) is 5.75 Å². The summed E-state index contributed by atoms with van der Waals surface area (Å²) in [6.07, 6.45) is 1.68. The summed E-state index contributed by atoms with van der Waals surface area (Å²) in [6.45, 7) is 0. The predicted molar refractivity (Wildman–Crippen MR) is 53.2 cm³/mol. The molecular weight excluding hydrogens is 178 g/mol. The molecule has 3 heteroatoms. The summed E-state index contributed by atoms with van der Waals surface area (Å²) in [5, 5.41) is 2.95. The SMILES string of the molecule is CNC1CCc2ccccc2OC1=O. The second kappa shape index (κ2) is 3.80. The Labute approximate surface area is 83.1 Å². The largest absolute Gasteiger partial charge is 0.425 e. The van der Waals surface area contributed by atoms with Crippen molar-refractivity contribution in [2.24, 2.45) is 0 Å². The van der Waals surface area contributed by atoms with E-state index in [2.05, 4.69) is 5.32 Å². The minimum atomic E-state index is -0.183. The smallest absolute Gasteiger partial charge is 0.328 e. The summed E-state index contributed by atoms with van der Waals surface area (Å²) >= 11 is 0. The van der Waals surface area contributed by atoms with Gasteiger partial charge in [-0.05, 0) is 31.5 Å². The van der Waals surface area contributed by atoms with Gasteiger partial charge in [0.1, 0.15) is 11.8 Å². The molecule has 0 amide bonds. The highest BCUT2D eigenvalue weighted by Gasteiger charge is 2.23. The molecule has 0 fully saturated rings. The fourth-order valence-corrected chi connectivity index (χ4v) is 1.67. The molecule has 0 aliphatic carbocycles. The fourth-order valence-electron chi connectivity index (χ4n) is 1.67. The first-order valence-corrected chi connectivity index (χ1v) is 4.78. The molecule has 3 nitrogen and oxygen atoms in total. The maximum atomic E-state index is 11.5. The zero-order valence-electron chi connectivity index (χ0n) is 8.12. The van der Waals surface area contributed by atoms with Gasteiger partial charge in [0.15, 0.2) is 0 Å². The molecule has 14 heavy (non-hydrogen) atoms. The van der Waals surface area contributed by atoms with Crippen LogP contribution in [0.3, 0.4) is 0 Å². The molecule has 1 atom stereocenters. The molecule has 1 N–H and O–H groups in total. The van der Waals surface area contributed by atoms with Crippen LogP contribution in [0.2, 0.25) is 0 Å². The van der Waals surface area contributed by atoms with Crippen molar-refractivity contribution in [3.05, 3.63) is 29.8 Å². The molecule has 1 aromatic rings. The molecule has 1 heterocycles. The lowest BCUT2D eigenvalue weighted by Gasteiger charge is -2.09. The average molecular weight is 191 g/mol. The second-order valence-corrected chi connectivity index (χ2v) is 3.41. The van der Waals surface area contributed by atoms with E-state index < -0.39 is 0 Å². The van der Waals surface area contributed by atoms with E-state index in [4.69, 9.17) is 4.74 Å². The van der Waals surface area contributed by atoms with Crippen LogP contribution in [0.25, 0.3) is 0 Å². The normalized spacial score (nSPS) is 20.9. The van der Waals surface area contributed by atoms with Gasteiger partial charge in [-0.25, -0.2) is 4.79 Å². The van der Waals surface area contributed by atoms with Crippen molar-refractivity contribution < 1.29 is 9.53 Å². The van der Waals surface area contributed by atoms with Crippen LogP contribution < -0.4 is 10.1 Å². The Hall–Kier alpha value is -1.35. The maximum Gasteiger partial charge on any atom is 0.328 e. The van der Waals surface area contributed by atoms with Gasteiger partial charge in [-0.1, -0.05) is 18.2 Å². The maximum absolute atomic E-state index is 11.5. The standard InChI is InChI=1S/C11H13NO2/c1-12-9-7-6-8-4-2-3-5-10(8)14-11(9)13/h2-5,9,12H,6-7H2,1H3. The van der Waals surface area contributed by atoms with Crippen LogP contribution in [-0.2, 0) is 11.2 Å². The predicted octanol–water partition coefficient (Wildman–Crippen LogP) is 1.13. The zero-order chi connectivity index (χ0) is 9.97. The van der Waals surface area contributed by atoms with Crippen LogP contribution in [0.1, 0.15) is 12.0 Å². The van der Waals surface area contributed by atoms with E-state index in [0.717, 1.165) is 18.4 Å². The monoisotopic (exact) mass is 191 g/mol. The van der Waals surface area contributed by atoms with Crippen LogP contribution in [-0.4, -0.2) is 19.1 Å². The Morgan fingerprint density at radius 2 is 2.21 bits per heavy atom. The molecule has 74 valence electrons. The van der Waals surface area contributed by atoms with Crippen molar-refractivity contribution in [3.63, 3.8) is 0 Å². The van der Waals surface area contributed by atoms with E-state index >= 15 is 0 Å². The molecule has 1 aromatic carbocycles. The number of nitrogens with one attached hydrogen (secondary N) is 1. The highest BCUT2D eigenvalue weighted by Crippen LogP contribution is 2.23. The van der Waals surface area contributed by atoms with Crippen LogP contribution in [0.4, 0.5) is 0 Å². The van der Waals surface area contributed by atoms with Crippen molar-refractivity contribution >= 4 is 5.97 Å². The Bertz CT molecular complexity index is 349. The summed E-state index contributed by atoms with van der Waals surface area (Å²) in [7, 11) is 1.78. The van der Waals surface area contributed by atoms with E-state index in [9.17, 15) is 4.79 Å². The van der Waals surface area contributed by atoms with Gasteiger partial charge in [0.25, 0.3) is 0 Å². The summed E-state index contributed by atoms with van der Waals surface area (Å²) in [5.74, 6) is 0.521. The number of rotatable bonds is 1. The Morgan fingerprint density at radius 1 is 1.43 bits per heavy atom. The third-order valence-corrected chi connectivity index (χ3v) is 2.52. The van der Waals surface area contributed by atoms with Gasteiger partial charge < -0.3 is 10.1 Å². The van der Waals surface area contributed by atoms with Crippen LogP contribution in [0.5, 0.6) is 5.75 Å². The number of esters is 1. The molecule has 0 saturated carbocycles. The molecule has 0 spiro atoms. The molecule has 2 rings (SSSR count). The third-order valence-electron chi connectivity index (χ3n) is 2.52. The molecule has 0 aromatic heterocycles. The van der Waals surface area contributed by atoms with Crippen molar-refractivity contribution in [2.45, 2.75) is 18.9 Å². The Kier molecular flexibility index (Phi) is 2.50. The van der Waals surface area contributed by atoms with Crippen LogP contribution in [0.15, 0.2) is 24.3 Å². The molecule has 1 unspecified atom stereocenters. The first kappa shape index (κ1) is 9.21. The number of carbonyl (C=O) groups is 1. The average Bonchev–Trinajstić information content (AvgIpc) is 2.36. The summed E-state index contributed by atoms with van der Waals surface area (Å²) < 4.78 is 5.26. The van der Waals surface area contributed by atoms with Gasteiger partial charge in [-0.3, -0.25) is 0 Å². The van der Waals surface area contributed by atoms with E-state index in [1.54, 1.807) is 7.05 Å². The fraction of sp³-hybridized carbons (Fsp3) is 0.364. The number of hydrogen-bond donors (Lipinski definition) is 1. The minimum Gasteiger partial charge on any atom is -0.425 e. The highest BCUT2D eigenvalue weighted by molar-refractivity contribution is 5.79. The highest BCUT2D eigenvalue weighted by atomic mass is 16.5. The van der Waals surface area contributed by atoms with Crippen molar-refractivity contribution in [3.8, 4) is 5.75 Å². The van der Waals surface area contributed by atoms with Gasteiger partial charge in [0.05, 0.1) is 0 Å². The Balaban J connectivity index is 2.28. The lowest BCUT2D eigenvalue weighted by atomic mass is 10.1. The third kappa shape index (κ3) is 1.63. The van der Waals surface area contributed by atoms with Gasteiger partial charge in [0, 0.05) is 0 Å². The van der Waals surface area contributed by atoms with Crippen molar-refractivity contribution in [1.29, 1.82) is 0 Å². The minimum absolute atomic E-state index is 0.178. The molecular formula is C11H13NO2. The number of likely N-dealkylation sites (N-methyl/N-ethyl adjacent to an activating group) is 1. The quantitative estimate of drug-likeness (QED) is 0.534. The lowest BCUT2D eigenvalue weighted by molar-refractivity contribution is -0.136. The summed E-state index contributed by atoms with van der Waals surface area (Å²) in [4.78, 5) is 11.5. The van der Waals surface area contributed by atoms with Gasteiger partial charge in [-0.15, -0.1) is 0 Å². The second-order valence-electron chi connectivity index (χ2n) is 3.41.